The first kappa shape index (κ1) is 16.5. The van der Waals surface area contributed by atoms with Crippen LogP contribution in [-0.4, -0.2) is 19.4 Å². The highest BCUT2D eigenvalue weighted by Crippen LogP contribution is 2.28. The number of aryl methyl sites for hydroxylation is 3. The molecule has 0 amide bonds. The summed E-state index contributed by atoms with van der Waals surface area (Å²) in [6, 6.07) is 3.74. The van der Waals surface area contributed by atoms with Gasteiger partial charge in [-0.2, -0.15) is 0 Å². The van der Waals surface area contributed by atoms with Gasteiger partial charge in [0, 0.05) is 6.04 Å². The Morgan fingerprint density at radius 1 is 1.10 bits per heavy atom. The Morgan fingerprint density at radius 3 is 2.14 bits per heavy atom. The Bertz CT molecular complexity index is 578. The zero-order chi connectivity index (χ0) is 15.6. The molecule has 1 aliphatic carbocycles. The number of hydrogen-bond acceptors (Lipinski definition) is 3. The normalized spacial score (nSPS) is 18.7. The van der Waals surface area contributed by atoms with Gasteiger partial charge < -0.3 is 5.73 Å². The molecule has 1 fully saturated rings. The summed E-state index contributed by atoms with van der Waals surface area (Å²) in [5, 5.41) is -0.177. The highest BCUT2D eigenvalue weighted by Gasteiger charge is 2.30. The van der Waals surface area contributed by atoms with Crippen molar-refractivity contribution in [1.82, 2.24) is 0 Å². The van der Waals surface area contributed by atoms with Gasteiger partial charge in [-0.1, -0.05) is 37.0 Å². The molecule has 1 atom stereocenters. The third kappa shape index (κ3) is 3.86. The van der Waals surface area contributed by atoms with Crippen molar-refractivity contribution in [1.29, 1.82) is 0 Å². The Morgan fingerprint density at radius 2 is 1.62 bits per heavy atom. The zero-order valence-electron chi connectivity index (χ0n) is 13.4. The minimum atomic E-state index is -3.10. The minimum absolute atomic E-state index is 0.0718. The summed E-state index contributed by atoms with van der Waals surface area (Å²) in [7, 11) is -3.10. The molecule has 0 heterocycles. The number of rotatable bonds is 4. The van der Waals surface area contributed by atoms with Crippen molar-refractivity contribution >= 4 is 9.84 Å². The van der Waals surface area contributed by atoms with Crippen LogP contribution in [0.5, 0.6) is 0 Å². The monoisotopic (exact) mass is 309 g/mol. The second-order valence-electron chi connectivity index (χ2n) is 6.51. The van der Waals surface area contributed by atoms with Gasteiger partial charge in [0.25, 0.3) is 0 Å². The maximum atomic E-state index is 12.6. The Hall–Kier alpha value is -0.870. The summed E-state index contributed by atoms with van der Waals surface area (Å²) in [6.07, 6.45) is 4.83. The molecule has 2 rings (SSSR count). The lowest BCUT2D eigenvalue weighted by Crippen LogP contribution is -2.32. The molecule has 21 heavy (non-hydrogen) atoms. The fourth-order valence-corrected chi connectivity index (χ4v) is 5.66. The van der Waals surface area contributed by atoms with E-state index >= 15 is 0 Å². The summed E-state index contributed by atoms with van der Waals surface area (Å²) in [5.74, 6) is 0.0718. The maximum Gasteiger partial charge on any atom is 0.155 e. The second-order valence-corrected chi connectivity index (χ2v) is 8.83. The van der Waals surface area contributed by atoms with Crippen molar-refractivity contribution in [3.8, 4) is 0 Å². The summed E-state index contributed by atoms with van der Waals surface area (Å²) < 4.78 is 25.2. The third-order valence-corrected chi connectivity index (χ3v) is 6.89. The molecule has 0 radical (unpaired) electrons. The Labute approximate surface area is 128 Å². The lowest BCUT2D eigenvalue weighted by molar-refractivity contribution is 0.481. The van der Waals surface area contributed by atoms with Crippen LogP contribution in [0.25, 0.3) is 0 Å². The van der Waals surface area contributed by atoms with Crippen LogP contribution in [0.3, 0.4) is 0 Å². The average molecular weight is 309 g/mol. The van der Waals surface area contributed by atoms with Crippen LogP contribution in [0.15, 0.2) is 12.1 Å². The molecular weight excluding hydrogens is 282 g/mol. The van der Waals surface area contributed by atoms with Gasteiger partial charge >= 0.3 is 0 Å². The molecule has 1 aromatic rings. The van der Waals surface area contributed by atoms with Crippen molar-refractivity contribution in [2.75, 3.05) is 5.75 Å². The summed E-state index contributed by atoms with van der Waals surface area (Å²) in [5.41, 5.74) is 10.6. The predicted octanol–water partition coefficient (Wildman–Crippen LogP) is 3.36. The second kappa shape index (κ2) is 6.49. The Kier molecular flexibility index (Phi) is 5.10. The van der Waals surface area contributed by atoms with E-state index in [2.05, 4.69) is 12.1 Å². The van der Waals surface area contributed by atoms with E-state index in [1.54, 1.807) is 0 Å². The quantitative estimate of drug-likeness (QED) is 0.927. The molecule has 118 valence electrons. The lowest BCUT2D eigenvalue weighted by atomic mass is 9.95. The highest BCUT2D eigenvalue weighted by atomic mass is 32.2. The van der Waals surface area contributed by atoms with Gasteiger partial charge in [-0.05, 0) is 50.3 Å². The Balaban J connectivity index is 2.19. The first-order chi connectivity index (χ1) is 9.81. The standard InChI is InChI=1S/C17H27NO2S/c1-12-9-13(2)17(14(3)10-12)16(18)11-21(19,20)15-7-5-4-6-8-15/h9-10,15-16H,4-8,11,18H2,1-3H3. The van der Waals surface area contributed by atoms with Crippen LogP contribution in [0.4, 0.5) is 0 Å². The summed E-state index contributed by atoms with van der Waals surface area (Å²) in [4.78, 5) is 0. The van der Waals surface area contributed by atoms with Crippen LogP contribution in [0, 0.1) is 20.8 Å². The van der Waals surface area contributed by atoms with Gasteiger partial charge in [0.1, 0.15) is 0 Å². The topological polar surface area (TPSA) is 60.2 Å². The first-order valence-corrected chi connectivity index (χ1v) is 9.57. The molecule has 0 aromatic heterocycles. The van der Waals surface area contributed by atoms with Crippen molar-refractivity contribution in [2.45, 2.75) is 64.2 Å². The molecule has 1 saturated carbocycles. The van der Waals surface area contributed by atoms with Crippen LogP contribution in [-0.2, 0) is 9.84 Å². The number of sulfone groups is 1. The molecule has 0 spiro atoms. The van der Waals surface area contributed by atoms with Gasteiger partial charge in [0.05, 0.1) is 11.0 Å². The summed E-state index contributed by atoms with van der Waals surface area (Å²) in [6.45, 7) is 6.08. The van der Waals surface area contributed by atoms with E-state index in [1.165, 1.54) is 5.56 Å². The molecular formula is C17H27NO2S. The minimum Gasteiger partial charge on any atom is -0.323 e. The first-order valence-electron chi connectivity index (χ1n) is 7.86. The zero-order valence-corrected chi connectivity index (χ0v) is 14.2. The number of benzene rings is 1. The number of nitrogens with two attached hydrogens (primary N) is 1. The molecule has 1 aromatic carbocycles. The van der Waals surface area contributed by atoms with Gasteiger partial charge in [-0.3, -0.25) is 0 Å². The average Bonchev–Trinajstić information content (AvgIpc) is 2.37. The van der Waals surface area contributed by atoms with Gasteiger partial charge in [-0.25, -0.2) is 8.42 Å². The molecule has 0 bridgehead atoms. The highest BCUT2D eigenvalue weighted by molar-refractivity contribution is 7.92. The van der Waals surface area contributed by atoms with E-state index < -0.39 is 15.9 Å². The van der Waals surface area contributed by atoms with E-state index in [0.29, 0.717) is 0 Å². The van der Waals surface area contributed by atoms with E-state index in [4.69, 9.17) is 5.73 Å². The predicted molar refractivity (Wildman–Crippen MR) is 88.2 cm³/mol. The maximum absolute atomic E-state index is 12.6. The molecule has 0 saturated heterocycles. The van der Waals surface area contributed by atoms with E-state index in [9.17, 15) is 8.42 Å². The lowest BCUT2D eigenvalue weighted by Gasteiger charge is -2.25. The molecule has 2 N–H and O–H groups in total. The van der Waals surface area contributed by atoms with Crippen molar-refractivity contribution < 1.29 is 8.42 Å². The van der Waals surface area contributed by atoms with E-state index in [0.717, 1.165) is 48.8 Å². The van der Waals surface area contributed by atoms with Crippen LogP contribution in [0.1, 0.15) is 60.4 Å². The van der Waals surface area contributed by atoms with Crippen LogP contribution >= 0.6 is 0 Å². The molecule has 0 aliphatic heterocycles. The molecule has 1 unspecified atom stereocenters. The molecule has 1 aliphatic rings. The largest absolute Gasteiger partial charge is 0.323 e. The van der Waals surface area contributed by atoms with Crippen molar-refractivity contribution in [3.63, 3.8) is 0 Å². The van der Waals surface area contributed by atoms with E-state index in [1.807, 2.05) is 20.8 Å². The molecule has 4 heteroatoms. The van der Waals surface area contributed by atoms with Crippen LogP contribution < -0.4 is 5.73 Å². The van der Waals surface area contributed by atoms with Crippen molar-refractivity contribution in [2.24, 2.45) is 5.73 Å². The van der Waals surface area contributed by atoms with Gasteiger partial charge in [0.15, 0.2) is 9.84 Å². The smallest absolute Gasteiger partial charge is 0.155 e. The fourth-order valence-electron chi connectivity index (χ4n) is 3.67. The molecule has 3 nitrogen and oxygen atoms in total. The fraction of sp³-hybridized carbons (Fsp3) is 0.647. The number of hydrogen-bond donors (Lipinski definition) is 1. The van der Waals surface area contributed by atoms with Gasteiger partial charge in [0.2, 0.25) is 0 Å². The summed E-state index contributed by atoms with van der Waals surface area (Å²) >= 11 is 0. The van der Waals surface area contributed by atoms with Gasteiger partial charge in [-0.15, -0.1) is 0 Å². The third-order valence-electron chi connectivity index (χ3n) is 4.58. The van der Waals surface area contributed by atoms with E-state index in [-0.39, 0.29) is 11.0 Å². The van der Waals surface area contributed by atoms with Crippen LogP contribution in [0.2, 0.25) is 0 Å². The SMILES string of the molecule is Cc1cc(C)c(C(N)CS(=O)(=O)C2CCCCC2)c(C)c1. The van der Waals surface area contributed by atoms with Crippen molar-refractivity contribution in [3.05, 3.63) is 34.4 Å².